The van der Waals surface area contributed by atoms with Gasteiger partial charge in [0.2, 0.25) is 6.10 Å². The second kappa shape index (κ2) is 9.93. The summed E-state index contributed by atoms with van der Waals surface area (Å²) in [6, 6.07) is 0. The van der Waals surface area contributed by atoms with E-state index in [4.69, 9.17) is 74.7 Å². The number of esters is 3. The molecule has 0 aliphatic heterocycles. The highest BCUT2D eigenvalue weighted by Crippen LogP contribution is 2.30. The van der Waals surface area contributed by atoms with E-state index in [9.17, 15) is 29.7 Å². The Bertz CT molecular complexity index is 502. The number of hydrogen-bond donors (Lipinski definition) is 4. The minimum absolute atomic E-state index is 1.05. The zero-order valence-electron chi connectivity index (χ0n) is 11.6. The lowest BCUT2D eigenvalue weighted by Gasteiger charge is -2.28. The van der Waals surface area contributed by atoms with Gasteiger partial charge < -0.3 is 29.9 Å². The number of rotatable bonds is 6. The molecular weight excluding hydrogens is 477 g/mol. The lowest BCUT2D eigenvalue weighted by atomic mass is 10.0. The summed E-state index contributed by atoms with van der Waals surface area (Å²) in [7, 11) is 0. The lowest BCUT2D eigenvalue weighted by Crippen LogP contribution is -2.52. The Hall–Kier alpha value is 0.190. The van der Waals surface area contributed by atoms with Gasteiger partial charge in [-0.2, -0.15) is 0 Å². The van der Waals surface area contributed by atoms with E-state index in [0.29, 0.717) is 0 Å². The largest absolute Gasteiger partial charge is 0.444 e. The summed E-state index contributed by atoms with van der Waals surface area (Å²) in [6.07, 6.45) is -9.13. The second-order valence-electron chi connectivity index (χ2n) is 4.26. The van der Waals surface area contributed by atoms with Gasteiger partial charge in [-0.3, -0.25) is 0 Å². The van der Waals surface area contributed by atoms with Crippen molar-refractivity contribution in [2.24, 2.45) is 0 Å². The van der Waals surface area contributed by atoms with Gasteiger partial charge >= 0.3 is 17.9 Å². The first-order valence-electron chi connectivity index (χ1n) is 5.88. The highest BCUT2D eigenvalue weighted by molar-refractivity contribution is 6.76. The first-order valence-corrected chi connectivity index (χ1v) is 8.15. The molecule has 0 aromatic heterocycles. The Morgan fingerprint density at radius 2 is 1.28 bits per heavy atom. The van der Waals surface area contributed by atoms with Crippen molar-refractivity contribution in [1.82, 2.24) is 0 Å². The first kappa shape index (κ1) is 25.2. The highest BCUT2D eigenvalue weighted by Gasteiger charge is 2.45. The molecule has 0 aromatic carbocycles. The summed E-state index contributed by atoms with van der Waals surface area (Å²) in [5.74, 6) is -5.26. The van der Waals surface area contributed by atoms with Crippen LogP contribution in [0, 0.1) is 0 Å². The van der Waals surface area contributed by atoms with Crippen LogP contribution < -0.4 is 0 Å². The Labute approximate surface area is 170 Å². The van der Waals surface area contributed by atoms with Gasteiger partial charge in [0.15, 0.2) is 0 Å². The van der Waals surface area contributed by atoms with Crippen LogP contribution in [0.4, 0.5) is 0 Å². The average Bonchev–Trinajstić information content (AvgIpc) is 2.47. The average molecular weight is 487 g/mol. The molecule has 25 heavy (non-hydrogen) atoms. The maximum atomic E-state index is 11.9. The quantitative estimate of drug-likeness (QED) is 0.227. The third-order valence-corrected chi connectivity index (χ3v) is 3.29. The van der Waals surface area contributed by atoms with Crippen LogP contribution in [0.3, 0.4) is 0 Å². The number of halogens is 6. The standard InChI is InChI=1S/C10H10Cl6O9/c11-9(12,13)7(22)24-5(4(20)3(19)2(18)1-17)6(21)25-8(23)10(14,15)16/h2-5,17-20H,1H2/t2-,3-,4+,5-/m1/s1. The Morgan fingerprint density at radius 1 is 0.840 bits per heavy atom. The van der Waals surface area contributed by atoms with Crippen LogP contribution in [0.15, 0.2) is 0 Å². The van der Waals surface area contributed by atoms with E-state index in [2.05, 4.69) is 9.47 Å². The van der Waals surface area contributed by atoms with Gasteiger partial charge in [0, 0.05) is 0 Å². The summed E-state index contributed by atoms with van der Waals surface area (Å²) in [4.78, 5) is 34.8. The van der Waals surface area contributed by atoms with Gasteiger partial charge in [0.1, 0.15) is 18.3 Å². The van der Waals surface area contributed by atoms with Crippen molar-refractivity contribution in [2.75, 3.05) is 6.61 Å². The highest BCUT2D eigenvalue weighted by atomic mass is 35.6. The predicted molar refractivity (Wildman–Crippen MR) is 86.7 cm³/mol. The lowest BCUT2D eigenvalue weighted by molar-refractivity contribution is -0.188. The molecule has 4 atom stereocenters. The monoisotopic (exact) mass is 484 g/mol. The first-order chi connectivity index (χ1) is 11.1. The minimum atomic E-state index is -2.71. The number of carbonyl (C=O) groups excluding carboxylic acids is 3. The van der Waals surface area contributed by atoms with E-state index in [0.717, 1.165) is 0 Å². The molecule has 0 bridgehead atoms. The molecule has 0 saturated heterocycles. The zero-order valence-corrected chi connectivity index (χ0v) is 16.1. The molecule has 9 nitrogen and oxygen atoms in total. The van der Waals surface area contributed by atoms with Gasteiger partial charge in [-0.25, -0.2) is 14.4 Å². The van der Waals surface area contributed by atoms with Crippen LogP contribution in [0.25, 0.3) is 0 Å². The number of ether oxygens (including phenoxy) is 2. The maximum Gasteiger partial charge on any atom is 0.366 e. The molecular formula is C10H10Cl6O9. The number of carbonyl (C=O) groups is 3. The molecule has 0 aliphatic carbocycles. The van der Waals surface area contributed by atoms with Crippen LogP contribution in [-0.2, 0) is 23.9 Å². The summed E-state index contributed by atoms with van der Waals surface area (Å²) in [6.45, 7) is -1.05. The Balaban J connectivity index is 5.49. The van der Waals surface area contributed by atoms with Crippen molar-refractivity contribution in [3.8, 4) is 0 Å². The van der Waals surface area contributed by atoms with Gasteiger partial charge in [-0.05, 0) is 0 Å². The number of aliphatic hydroxyl groups is 4. The molecule has 0 saturated carbocycles. The number of alkyl halides is 6. The van der Waals surface area contributed by atoms with Gasteiger partial charge in [-0.1, -0.05) is 69.6 Å². The molecule has 0 aromatic rings. The van der Waals surface area contributed by atoms with Gasteiger partial charge in [0.05, 0.1) is 6.61 Å². The minimum Gasteiger partial charge on any atom is -0.444 e. The maximum absolute atomic E-state index is 11.9. The Kier molecular flexibility index (Phi) is 10.0. The molecule has 0 aliphatic rings. The van der Waals surface area contributed by atoms with E-state index in [1.807, 2.05) is 0 Å². The van der Waals surface area contributed by atoms with Gasteiger partial charge in [-0.15, -0.1) is 0 Å². The number of hydrogen-bond acceptors (Lipinski definition) is 9. The topological polar surface area (TPSA) is 151 Å². The molecule has 0 amide bonds. The molecule has 0 spiro atoms. The molecule has 0 rings (SSSR count). The second-order valence-corrected chi connectivity index (χ2v) is 8.82. The molecule has 146 valence electrons. The van der Waals surface area contributed by atoms with Crippen molar-refractivity contribution in [3.05, 3.63) is 0 Å². The summed E-state index contributed by atoms with van der Waals surface area (Å²) < 4.78 is 3.04. The zero-order chi connectivity index (χ0) is 20.2. The molecule has 4 N–H and O–H groups in total. The SMILES string of the molecule is O=C(OC(=O)C(Cl)(Cl)Cl)[C@H](OC(=O)C(Cl)(Cl)Cl)[C@@H](O)[C@H](O)[C@H](O)CO. The normalized spacial score (nSPS) is 17.2. The fourth-order valence-corrected chi connectivity index (χ4v) is 1.41. The molecule has 0 unspecified atom stereocenters. The van der Waals surface area contributed by atoms with E-state index in [1.165, 1.54) is 0 Å². The van der Waals surface area contributed by atoms with E-state index in [-0.39, 0.29) is 0 Å². The smallest absolute Gasteiger partial charge is 0.366 e. The van der Waals surface area contributed by atoms with Crippen LogP contribution in [0.1, 0.15) is 0 Å². The van der Waals surface area contributed by atoms with Crippen molar-refractivity contribution in [3.63, 3.8) is 0 Å². The fourth-order valence-electron chi connectivity index (χ4n) is 1.16. The molecule has 0 radical (unpaired) electrons. The van der Waals surface area contributed by atoms with E-state index >= 15 is 0 Å². The van der Waals surface area contributed by atoms with Crippen LogP contribution in [0.2, 0.25) is 0 Å². The summed E-state index contributed by atoms with van der Waals surface area (Å²) in [5, 5.41) is 37.4. The van der Waals surface area contributed by atoms with Crippen LogP contribution in [0.5, 0.6) is 0 Å². The van der Waals surface area contributed by atoms with Crippen molar-refractivity contribution in [1.29, 1.82) is 0 Å². The predicted octanol–water partition coefficient (Wildman–Crippen LogP) is -0.217. The molecule has 15 heteroatoms. The fraction of sp³-hybridized carbons (Fsp3) is 0.700. The van der Waals surface area contributed by atoms with Gasteiger partial charge in [0.25, 0.3) is 7.59 Å². The third kappa shape index (κ3) is 8.17. The van der Waals surface area contributed by atoms with Crippen LogP contribution in [-0.4, -0.2) is 76.9 Å². The van der Waals surface area contributed by atoms with Crippen molar-refractivity contribution in [2.45, 2.75) is 32.0 Å². The van der Waals surface area contributed by atoms with Crippen molar-refractivity contribution < 1.29 is 44.3 Å². The van der Waals surface area contributed by atoms with Crippen molar-refractivity contribution >= 4 is 87.5 Å². The van der Waals surface area contributed by atoms with E-state index < -0.39 is 56.5 Å². The number of aliphatic hydroxyl groups excluding tert-OH is 4. The molecule has 0 heterocycles. The summed E-state index contributed by atoms with van der Waals surface area (Å²) >= 11 is 31.2. The summed E-state index contributed by atoms with van der Waals surface area (Å²) in [5.41, 5.74) is 0. The Morgan fingerprint density at radius 3 is 1.64 bits per heavy atom. The third-order valence-electron chi connectivity index (χ3n) is 2.36. The van der Waals surface area contributed by atoms with Crippen LogP contribution >= 0.6 is 69.6 Å². The molecule has 0 fully saturated rings. The van der Waals surface area contributed by atoms with E-state index in [1.54, 1.807) is 0 Å².